The van der Waals surface area contributed by atoms with Crippen LogP contribution in [0.15, 0.2) is 31.8 Å². The number of thiophene rings is 1. The van der Waals surface area contributed by atoms with E-state index in [1.54, 1.807) is 6.07 Å². The van der Waals surface area contributed by atoms with E-state index < -0.39 is 5.82 Å². The van der Waals surface area contributed by atoms with Crippen molar-refractivity contribution in [2.45, 2.75) is 6.42 Å². The van der Waals surface area contributed by atoms with E-state index in [1.807, 2.05) is 0 Å². The molecule has 1 aromatic heterocycles. The molecule has 0 bridgehead atoms. The first-order valence-corrected chi connectivity index (χ1v) is 7.67. The van der Waals surface area contributed by atoms with E-state index in [0.29, 0.717) is 16.1 Å². The van der Waals surface area contributed by atoms with E-state index in [2.05, 4.69) is 31.9 Å². The molecule has 0 N–H and O–H groups in total. The van der Waals surface area contributed by atoms with Gasteiger partial charge in [0.05, 0.1) is 7.57 Å². The van der Waals surface area contributed by atoms with E-state index in [9.17, 15) is 9.18 Å². The lowest BCUT2D eigenvalue weighted by atomic mass is 10.1. The molecule has 94 valence electrons. The SMILES string of the molecule is O=C(Cc1cc(F)ccc1Cl)c1cc(Br)sc1Br. The highest BCUT2D eigenvalue weighted by Gasteiger charge is 2.15. The number of carbonyl (C=O) groups is 1. The van der Waals surface area contributed by atoms with Gasteiger partial charge < -0.3 is 0 Å². The molecule has 0 saturated carbocycles. The van der Waals surface area contributed by atoms with Gasteiger partial charge in [-0.2, -0.15) is 0 Å². The monoisotopic (exact) mass is 410 g/mol. The number of Topliss-reactive ketones (excluding diaryl/α,β-unsaturated/α-hetero) is 1. The summed E-state index contributed by atoms with van der Waals surface area (Å²) in [6.45, 7) is 0. The van der Waals surface area contributed by atoms with Gasteiger partial charge in [0, 0.05) is 17.0 Å². The Morgan fingerprint density at radius 2 is 2.06 bits per heavy atom. The van der Waals surface area contributed by atoms with Gasteiger partial charge in [-0.1, -0.05) is 11.6 Å². The van der Waals surface area contributed by atoms with Crippen LogP contribution in [0.4, 0.5) is 4.39 Å². The van der Waals surface area contributed by atoms with Crippen molar-refractivity contribution in [1.29, 1.82) is 0 Å². The van der Waals surface area contributed by atoms with Crippen LogP contribution in [-0.4, -0.2) is 5.78 Å². The number of rotatable bonds is 3. The minimum absolute atomic E-state index is 0.0817. The van der Waals surface area contributed by atoms with Crippen molar-refractivity contribution in [1.82, 2.24) is 0 Å². The smallest absolute Gasteiger partial charge is 0.169 e. The van der Waals surface area contributed by atoms with Crippen molar-refractivity contribution in [2.24, 2.45) is 0 Å². The van der Waals surface area contributed by atoms with Crippen LogP contribution in [0, 0.1) is 5.82 Å². The number of halogens is 4. The van der Waals surface area contributed by atoms with Gasteiger partial charge in [0.1, 0.15) is 5.82 Å². The maximum absolute atomic E-state index is 13.1. The summed E-state index contributed by atoms with van der Waals surface area (Å²) >= 11 is 14.0. The molecule has 0 aliphatic rings. The second-order valence-electron chi connectivity index (χ2n) is 3.57. The molecule has 6 heteroatoms. The van der Waals surface area contributed by atoms with Gasteiger partial charge >= 0.3 is 0 Å². The Labute approximate surface area is 129 Å². The Kier molecular flexibility index (Phi) is 4.59. The summed E-state index contributed by atoms with van der Waals surface area (Å²) in [5, 5.41) is 0.398. The molecule has 0 fully saturated rings. The molecule has 0 aliphatic carbocycles. The minimum Gasteiger partial charge on any atom is -0.294 e. The van der Waals surface area contributed by atoms with Crippen LogP contribution < -0.4 is 0 Å². The van der Waals surface area contributed by atoms with Gasteiger partial charge in [0.2, 0.25) is 0 Å². The first kappa shape index (κ1) is 14.2. The summed E-state index contributed by atoms with van der Waals surface area (Å²) in [6.07, 6.45) is 0.0817. The highest BCUT2D eigenvalue weighted by molar-refractivity contribution is 9.12. The molecule has 1 heterocycles. The van der Waals surface area contributed by atoms with E-state index in [-0.39, 0.29) is 12.2 Å². The fourth-order valence-electron chi connectivity index (χ4n) is 1.48. The van der Waals surface area contributed by atoms with Gasteiger partial charge in [-0.05, 0) is 61.7 Å². The molecule has 2 aromatic rings. The number of hydrogen-bond acceptors (Lipinski definition) is 2. The fraction of sp³-hybridized carbons (Fsp3) is 0.0833. The van der Waals surface area contributed by atoms with Crippen molar-refractivity contribution in [3.63, 3.8) is 0 Å². The quantitative estimate of drug-likeness (QED) is 0.609. The van der Waals surface area contributed by atoms with Gasteiger partial charge in [-0.25, -0.2) is 4.39 Å². The highest BCUT2D eigenvalue weighted by Crippen LogP contribution is 2.33. The maximum atomic E-state index is 13.1. The van der Waals surface area contributed by atoms with Crippen LogP contribution >= 0.6 is 54.8 Å². The molecule has 0 saturated heterocycles. The molecule has 0 unspecified atom stereocenters. The molecular formula is C12H6Br2ClFOS. The van der Waals surface area contributed by atoms with E-state index in [4.69, 9.17) is 11.6 Å². The van der Waals surface area contributed by atoms with Crippen molar-refractivity contribution in [3.8, 4) is 0 Å². The molecule has 1 aromatic carbocycles. The molecule has 1 nitrogen and oxygen atoms in total. The van der Waals surface area contributed by atoms with Crippen molar-refractivity contribution < 1.29 is 9.18 Å². The molecular weight excluding hydrogens is 406 g/mol. The van der Waals surface area contributed by atoms with Crippen LogP contribution in [0.2, 0.25) is 5.02 Å². The minimum atomic E-state index is -0.396. The molecule has 0 atom stereocenters. The summed E-state index contributed by atoms with van der Waals surface area (Å²) in [4.78, 5) is 12.1. The zero-order valence-corrected chi connectivity index (χ0v) is 13.6. The van der Waals surface area contributed by atoms with Gasteiger partial charge in [-0.3, -0.25) is 4.79 Å². The van der Waals surface area contributed by atoms with Crippen LogP contribution in [0.25, 0.3) is 0 Å². The average molecular weight is 413 g/mol. The van der Waals surface area contributed by atoms with Crippen LogP contribution in [0.5, 0.6) is 0 Å². The molecule has 0 spiro atoms. The van der Waals surface area contributed by atoms with E-state index in [1.165, 1.54) is 29.5 Å². The predicted molar refractivity (Wildman–Crippen MR) is 79.2 cm³/mol. The number of hydrogen-bond donors (Lipinski definition) is 0. The first-order valence-electron chi connectivity index (χ1n) is 4.89. The second kappa shape index (κ2) is 5.82. The zero-order valence-electron chi connectivity index (χ0n) is 8.84. The third-order valence-corrected chi connectivity index (χ3v) is 5.02. The summed E-state index contributed by atoms with van der Waals surface area (Å²) in [5.41, 5.74) is 1.07. The van der Waals surface area contributed by atoms with Crippen LogP contribution in [0.3, 0.4) is 0 Å². The Bertz CT molecular complexity index is 612. The normalized spacial score (nSPS) is 10.7. The summed E-state index contributed by atoms with van der Waals surface area (Å²) < 4.78 is 14.7. The van der Waals surface area contributed by atoms with Crippen LogP contribution in [-0.2, 0) is 6.42 Å². The summed E-state index contributed by atoms with van der Waals surface area (Å²) in [5.74, 6) is -0.496. The molecule has 0 amide bonds. The van der Waals surface area contributed by atoms with Gasteiger partial charge in [0.15, 0.2) is 5.78 Å². The third kappa shape index (κ3) is 3.20. The lowest BCUT2D eigenvalue weighted by Gasteiger charge is -2.03. The predicted octanol–water partition coefficient (Wildman–Crippen LogP) is 5.49. The van der Waals surface area contributed by atoms with Crippen molar-refractivity contribution >= 4 is 60.6 Å². The Hall–Kier alpha value is -0.230. The van der Waals surface area contributed by atoms with Crippen LogP contribution in [0.1, 0.15) is 15.9 Å². The molecule has 0 radical (unpaired) electrons. The largest absolute Gasteiger partial charge is 0.294 e. The molecule has 18 heavy (non-hydrogen) atoms. The molecule has 0 aliphatic heterocycles. The average Bonchev–Trinajstić information content (AvgIpc) is 2.63. The van der Waals surface area contributed by atoms with Gasteiger partial charge in [0.25, 0.3) is 0 Å². The zero-order chi connectivity index (χ0) is 13.3. The maximum Gasteiger partial charge on any atom is 0.169 e. The van der Waals surface area contributed by atoms with E-state index >= 15 is 0 Å². The Morgan fingerprint density at radius 3 is 2.67 bits per heavy atom. The summed E-state index contributed by atoms with van der Waals surface area (Å²) in [7, 11) is 0. The lowest BCUT2D eigenvalue weighted by molar-refractivity contribution is 0.0992. The topological polar surface area (TPSA) is 17.1 Å². The Morgan fingerprint density at radius 1 is 1.33 bits per heavy atom. The first-order chi connectivity index (χ1) is 8.47. The van der Waals surface area contributed by atoms with E-state index in [0.717, 1.165) is 7.57 Å². The Balaban J connectivity index is 2.26. The number of benzene rings is 1. The van der Waals surface area contributed by atoms with Gasteiger partial charge in [-0.15, -0.1) is 11.3 Å². The lowest BCUT2D eigenvalue weighted by Crippen LogP contribution is -2.03. The molecule has 2 rings (SSSR count). The second-order valence-corrected chi connectivity index (χ2v) is 7.73. The summed E-state index contributed by atoms with van der Waals surface area (Å²) in [6, 6.07) is 5.76. The number of carbonyl (C=O) groups excluding carboxylic acids is 1. The fourth-order valence-corrected chi connectivity index (χ4v) is 4.52. The van der Waals surface area contributed by atoms with Crippen molar-refractivity contribution in [3.05, 3.63) is 53.8 Å². The highest BCUT2D eigenvalue weighted by atomic mass is 79.9. The standard InChI is InChI=1S/C12H6Br2ClFOS/c13-11-5-8(12(14)18-11)10(17)4-6-3-7(16)1-2-9(6)15/h1-3,5H,4H2. The van der Waals surface area contributed by atoms with Crippen molar-refractivity contribution in [2.75, 3.05) is 0 Å². The third-order valence-electron chi connectivity index (χ3n) is 2.32. The number of ketones is 1.